The molecule has 0 unspecified atom stereocenters. The number of rotatable bonds is 6. The molecule has 0 radical (unpaired) electrons. The number of benzene rings is 1. The number of Topliss-reactive ketones (excluding diaryl/α,β-unsaturated/α-hetero) is 1. The Labute approximate surface area is 227 Å². The van der Waals surface area contributed by atoms with E-state index in [1.54, 1.807) is 25.3 Å². The fraction of sp³-hybridized carbons (Fsp3) is 0.464. The largest absolute Gasteiger partial charge is 0.505 e. The van der Waals surface area contributed by atoms with Gasteiger partial charge in [-0.05, 0) is 69.8 Å². The summed E-state index contributed by atoms with van der Waals surface area (Å²) in [6.45, 7) is 7.36. The summed E-state index contributed by atoms with van der Waals surface area (Å²) in [7, 11) is 2.19. The highest BCUT2D eigenvalue weighted by atomic mass is 35.5. The first-order valence-corrected chi connectivity index (χ1v) is 13.7. The number of hydrogen-bond donors (Lipinski definition) is 2. The van der Waals surface area contributed by atoms with Gasteiger partial charge in [-0.1, -0.05) is 23.2 Å². The number of piperazine rings is 1. The van der Waals surface area contributed by atoms with E-state index in [9.17, 15) is 9.90 Å². The van der Waals surface area contributed by atoms with Gasteiger partial charge in [-0.2, -0.15) is 0 Å². The van der Waals surface area contributed by atoms with E-state index in [0.29, 0.717) is 27.9 Å². The zero-order chi connectivity index (χ0) is 26.1. The summed E-state index contributed by atoms with van der Waals surface area (Å²) < 4.78 is 0. The molecule has 2 N–H and O–H groups in total. The molecule has 9 heteroatoms. The van der Waals surface area contributed by atoms with E-state index in [1.165, 1.54) is 19.4 Å². The predicted octanol–water partition coefficient (Wildman–Crippen LogP) is 5.73. The minimum atomic E-state index is -0.154. The standard InChI is InChI=1S/C28H33Cl2N5O2/c1-17(36)21-15-31-25-8-7-24(19-13-22(29)28(37)23(30)14-19)33-27(25)26(21)32-20-5-3-18(4-6-20)16-35-11-9-34(2)10-12-35/h7-8,13-15,18,20,37H,3-6,9-12,16H2,1-2H3,(H,31,32)/t18-,20-. The highest BCUT2D eigenvalue weighted by molar-refractivity contribution is 6.37. The second-order valence-electron chi connectivity index (χ2n) is 10.4. The van der Waals surface area contributed by atoms with Crippen LogP contribution >= 0.6 is 23.2 Å². The van der Waals surface area contributed by atoms with Crippen LogP contribution in [0.15, 0.2) is 30.5 Å². The van der Waals surface area contributed by atoms with Crippen molar-refractivity contribution in [2.24, 2.45) is 5.92 Å². The molecule has 2 fully saturated rings. The minimum Gasteiger partial charge on any atom is -0.505 e. The fourth-order valence-electron chi connectivity index (χ4n) is 5.44. The number of carbonyl (C=O) groups is 1. The average molecular weight is 543 g/mol. The summed E-state index contributed by atoms with van der Waals surface area (Å²) in [5, 5.41) is 13.9. The summed E-state index contributed by atoms with van der Waals surface area (Å²) in [5.74, 6) is 0.513. The molecule has 5 rings (SSSR count). The van der Waals surface area contributed by atoms with Crippen LogP contribution in [0.25, 0.3) is 22.3 Å². The van der Waals surface area contributed by atoms with E-state index < -0.39 is 0 Å². The number of nitrogens with zero attached hydrogens (tertiary/aromatic N) is 4. The molecule has 1 aromatic carbocycles. The van der Waals surface area contributed by atoms with Crippen LogP contribution in [0.4, 0.5) is 5.69 Å². The van der Waals surface area contributed by atoms with Gasteiger partial charge in [0, 0.05) is 50.5 Å². The van der Waals surface area contributed by atoms with Crippen molar-refractivity contribution >= 4 is 45.7 Å². The Balaban J connectivity index is 1.37. The third kappa shape index (κ3) is 5.85. The molecule has 1 saturated heterocycles. The van der Waals surface area contributed by atoms with Crippen LogP contribution < -0.4 is 5.32 Å². The van der Waals surface area contributed by atoms with E-state index in [4.69, 9.17) is 28.2 Å². The monoisotopic (exact) mass is 541 g/mol. The molecule has 0 bridgehead atoms. The smallest absolute Gasteiger partial charge is 0.163 e. The van der Waals surface area contributed by atoms with Crippen molar-refractivity contribution in [2.45, 2.75) is 38.6 Å². The van der Waals surface area contributed by atoms with Gasteiger partial charge in [-0.15, -0.1) is 0 Å². The number of ketones is 1. The molecule has 0 spiro atoms. The quantitative estimate of drug-likeness (QED) is 0.385. The minimum absolute atomic E-state index is 0.0522. The SMILES string of the molecule is CC(=O)c1cnc2ccc(-c3cc(Cl)c(O)c(Cl)c3)nc2c1N[C@H]1CC[C@H](CN2CCN(C)CC2)CC1. The van der Waals surface area contributed by atoms with Crippen LogP contribution in [-0.4, -0.2) is 76.5 Å². The normalized spacial score (nSPS) is 21.3. The first kappa shape index (κ1) is 26.2. The number of anilines is 1. The number of phenols is 1. The number of nitrogens with one attached hydrogen (secondary N) is 1. The van der Waals surface area contributed by atoms with E-state index in [1.807, 2.05) is 12.1 Å². The zero-order valence-electron chi connectivity index (χ0n) is 21.3. The molecule has 1 aliphatic carbocycles. The third-order valence-electron chi connectivity index (χ3n) is 7.71. The lowest BCUT2D eigenvalue weighted by atomic mass is 9.85. The first-order valence-electron chi connectivity index (χ1n) is 12.9. The Kier molecular flexibility index (Phi) is 7.86. The lowest BCUT2D eigenvalue weighted by Gasteiger charge is -2.37. The molecule has 37 heavy (non-hydrogen) atoms. The molecule has 1 aliphatic heterocycles. The highest BCUT2D eigenvalue weighted by Crippen LogP contribution is 2.37. The molecular formula is C28H33Cl2N5O2. The van der Waals surface area contributed by atoms with Crippen molar-refractivity contribution in [1.82, 2.24) is 19.8 Å². The van der Waals surface area contributed by atoms with Gasteiger partial charge < -0.3 is 20.2 Å². The van der Waals surface area contributed by atoms with E-state index in [2.05, 4.69) is 27.1 Å². The number of aromatic nitrogens is 2. The van der Waals surface area contributed by atoms with Gasteiger partial charge >= 0.3 is 0 Å². The Bertz CT molecular complexity index is 1280. The third-order valence-corrected chi connectivity index (χ3v) is 8.29. The molecular weight excluding hydrogens is 509 g/mol. The molecule has 0 atom stereocenters. The van der Waals surface area contributed by atoms with E-state index in [0.717, 1.165) is 50.6 Å². The van der Waals surface area contributed by atoms with Crippen LogP contribution in [0.3, 0.4) is 0 Å². The summed E-state index contributed by atoms with van der Waals surface area (Å²) in [4.78, 5) is 26.9. The maximum atomic E-state index is 12.6. The lowest BCUT2D eigenvalue weighted by Crippen LogP contribution is -2.46. The Morgan fingerprint density at radius 3 is 2.41 bits per heavy atom. The second-order valence-corrected chi connectivity index (χ2v) is 11.2. The fourth-order valence-corrected chi connectivity index (χ4v) is 5.93. The number of phenolic OH excluding ortho intramolecular Hbond substituents is 1. The molecule has 3 heterocycles. The van der Waals surface area contributed by atoms with Crippen molar-refractivity contribution in [3.8, 4) is 17.0 Å². The van der Waals surface area contributed by atoms with Gasteiger partial charge in [-0.3, -0.25) is 9.78 Å². The van der Waals surface area contributed by atoms with Gasteiger partial charge in [0.05, 0.1) is 32.5 Å². The average Bonchev–Trinajstić information content (AvgIpc) is 2.89. The maximum absolute atomic E-state index is 12.6. The summed E-state index contributed by atoms with van der Waals surface area (Å²) in [6.07, 6.45) is 6.10. The molecule has 2 aromatic heterocycles. The predicted molar refractivity (Wildman–Crippen MR) is 150 cm³/mol. The Morgan fingerprint density at radius 1 is 1.08 bits per heavy atom. The molecule has 3 aromatic rings. The van der Waals surface area contributed by atoms with Crippen molar-refractivity contribution in [2.75, 3.05) is 45.1 Å². The topological polar surface area (TPSA) is 81.6 Å². The molecule has 1 saturated carbocycles. The molecule has 0 amide bonds. The first-order chi connectivity index (χ1) is 17.8. The van der Waals surface area contributed by atoms with Gasteiger partial charge in [0.2, 0.25) is 0 Å². The number of hydrogen-bond acceptors (Lipinski definition) is 7. The lowest BCUT2D eigenvalue weighted by molar-refractivity contribution is 0.101. The summed E-state index contributed by atoms with van der Waals surface area (Å²) >= 11 is 12.3. The summed E-state index contributed by atoms with van der Waals surface area (Å²) in [6, 6.07) is 7.27. The number of likely N-dealkylation sites (N-methyl/N-ethyl adjacent to an activating group) is 1. The Hall–Kier alpha value is -2.45. The van der Waals surface area contributed by atoms with Crippen LogP contribution in [0, 0.1) is 5.92 Å². The van der Waals surface area contributed by atoms with Crippen molar-refractivity contribution in [1.29, 1.82) is 0 Å². The number of halogens is 2. The van der Waals surface area contributed by atoms with Gasteiger partial charge in [-0.25, -0.2) is 4.98 Å². The van der Waals surface area contributed by atoms with Gasteiger partial charge in [0.1, 0.15) is 5.52 Å². The van der Waals surface area contributed by atoms with Crippen LogP contribution in [0.5, 0.6) is 5.75 Å². The van der Waals surface area contributed by atoms with Crippen LogP contribution in [0.2, 0.25) is 10.0 Å². The molecule has 7 nitrogen and oxygen atoms in total. The van der Waals surface area contributed by atoms with Crippen LogP contribution in [-0.2, 0) is 0 Å². The Morgan fingerprint density at radius 2 is 1.76 bits per heavy atom. The maximum Gasteiger partial charge on any atom is 0.163 e. The van der Waals surface area contributed by atoms with Crippen molar-refractivity contribution < 1.29 is 9.90 Å². The van der Waals surface area contributed by atoms with Gasteiger partial charge in [0.25, 0.3) is 0 Å². The highest BCUT2D eigenvalue weighted by Gasteiger charge is 2.26. The molecule has 2 aliphatic rings. The van der Waals surface area contributed by atoms with Crippen molar-refractivity contribution in [3.05, 3.63) is 46.1 Å². The van der Waals surface area contributed by atoms with E-state index in [-0.39, 0.29) is 27.6 Å². The van der Waals surface area contributed by atoms with Crippen molar-refractivity contribution in [3.63, 3.8) is 0 Å². The zero-order valence-corrected chi connectivity index (χ0v) is 22.8. The molecule has 196 valence electrons. The summed E-state index contributed by atoms with van der Waals surface area (Å²) in [5.41, 5.74) is 3.94. The number of fused-ring (bicyclic) bond motifs is 1. The number of carbonyl (C=O) groups excluding carboxylic acids is 1. The number of pyridine rings is 2. The van der Waals surface area contributed by atoms with Gasteiger partial charge in [0.15, 0.2) is 11.5 Å². The van der Waals surface area contributed by atoms with Crippen LogP contribution in [0.1, 0.15) is 43.0 Å². The number of aromatic hydroxyl groups is 1. The second kappa shape index (κ2) is 11.1. The van der Waals surface area contributed by atoms with E-state index >= 15 is 0 Å².